The molecule has 0 fully saturated rings. The van der Waals surface area contributed by atoms with Crippen LogP contribution in [0.4, 0.5) is 0 Å². The zero-order valence-corrected chi connectivity index (χ0v) is 10.6. The Morgan fingerprint density at radius 1 is 1.44 bits per heavy atom. The summed E-state index contributed by atoms with van der Waals surface area (Å²) in [5, 5.41) is 0. The van der Waals surface area contributed by atoms with Crippen LogP contribution in [0.3, 0.4) is 0 Å². The number of H-pyrrole nitrogens is 1. The lowest BCUT2D eigenvalue weighted by Crippen LogP contribution is -2.21. The van der Waals surface area contributed by atoms with E-state index in [1.54, 1.807) is 4.57 Å². The van der Waals surface area contributed by atoms with E-state index in [0.29, 0.717) is 19.7 Å². The minimum Gasteiger partial charge on any atom is -0.494 e. The fourth-order valence-corrected chi connectivity index (χ4v) is 1.91. The van der Waals surface area contributed by atoms with Crippen molar-refractivity contribution < 1.29 is 4.74 Å². The second-order valence-electron chi connectivity index (χ2n) is 4.25. The van der Waals surface area contributed by atoms with Gasteiger partial charge in [-0.3, -0.25) is 4.57 Å². The molecule has 5 heteroatoms. The summed E-state index contributed by atoms with van der Waals surface area (Å²) < 4.78 is 7.28. The predicted molar refractivity (Wildman–Crippen MR) is 72.0 cm³/mol. The molecule has 0 aliphatic rings. The second-order valence-corrected chi connectivity index (χ2v) is 4.25. The van der Waals surface area contributed by atoms with Crippen LogP contribution in [0.1, 0.15) is 19.8 Å². The molecule has 0 atom stereocenters. The van der Waals surface area contributed by atoms with Gasteiger partial charge in [0.25, 0.3) is 0 Å². The summed E-state index contributed by atoms with van der Waals surface area (Å²) in [4.78, 5) is 14.5. The maximum atomic E-state index is 11.7. The molecule has 0 spiro atoms. The van der Waals surface area contributed by atoms with Gasteiger partial charge in [0, 0.05) is 19.2 Å². The number of hydrogen-bond donors (Lipinski definition) is 2. The fraction of sp³-hybridized carbons (Fsp3) is 0.462. The summed E-state index contributed by atoms with van der Waals surface area (Å²) in [5.74, 6) is 0.792. The minimum atomic E-state index is -0.124. The van der Waals surface area contributed by atoms with Crippen LogP contribution in [-0.4, -0.2) is 22.7 Å². The third-order valence-corrected chi connectivity index (χ3v) is 2.87. The summed E-state index contributed by atoms with van der Waals surface area (Å²) in [6, 6.07) is 5.63. The van der Waals surface area contributed by atoms with Gasteiger partial charge in [-0.2, -0.15) is 0 Å². The standard InChI is InChI=1S/C13H19N3O2/c1-2-3-8-18-10-4-5-11-12(9-10)16(7-6-14)13(17)15-11/h4-5,9H,2-3,6-8,14H2,1H3,(H,15,17). The lowest BCUT2D eigenvalue weighted by molar-refractivity contribution is 0.309. The Hall–Kier alpha value is -1.75. The first-order valence-electron chi connectivity index (χ1n) is 6.31. The van der Waals surface area contributed by atoms with Crippen LogP contribution < -0.4 is 16.2 Å². The van der Waals surface area contributed by atoms with Crippen LogP contribution in [0, 0.1) is 0 Å². The molecule has 1 aromatic carbocycles. The van der Waals surface area contributed by atoms with Gasteiger partial charge in [0.1, 0.15) is 5.75 Å². The van der Waals surface area contributed by atoms with Gasteiger partial charge in [-0.25, -0.2) is 4.79 Å². The predicted octanol–water partition coefficient (Wildman–Crippen LogP) is 1.47. The Morgan fingerprint density at radius 2 is 2.28 bits per heavy atom. The van der Waals surface area contributed by atoms with Crippen LogP contribution in [0.15, 0.2) is 23.0 Å². The van der Waals surface area contributed by atoms with E-state index in [2.05, 4.69) is 11.9 Å². The number of unbranched alkanes of at least 4 members (excludes halogenated alkanes) is 1. The van der Waals surface area contributed by atoms with Gasteiger partial charge in [0.2, 0.25) is 0 Å². The number of aromatic amines is 1. The summed E-state index contributed by atoms with van der Waals surface area (Å²) in [5.41, 5.74) is 7.05. The van der Waals surface area contributed by atoms with Crippen molar-refractivity contribution in [2.45, 2.75) is 26.3 Å². The molecule has 0 bridgehead atoms. The average Bonchev–Trinajstić information content (AvgIpc) is 2.67. The molecule has 3 N–H and O–H groups in total. The normalized spacial score (nSPS) is 11.0. The van der Waals surface area contributed by atoms with E-state index in [1.165, 1.54) is 0 Å². The molecule has 2 aromatic rings. The van der Waals surface area contributed by atoms with E-state index in [4.69, 9.17) is 10.5 Å². The van der Waals surface area contributed by atoms with Crippen molar-refractivity contribution in [1.29, 1.82) is 0 Å². The largest absolute Gasteiger partial charge is 0.494 e. The molecule has 2 rings (SSSR count). The smallest absolute Gasteiger partial charge is 0.326 e. The molecule has 0 radical (unpaired) electrons. The topological polar surface area (TPSA) is 73.0 Å². The summed E-state index contributed by atoms with van der Waals surface area (Å²) in [7, 11) is 0. The summed E-state index contributed by atoms with van der Waals surface area (Å²) >= 11 is 0. The molecular formula is C13H19N3O2. The highest BCUT2D eigenvalue weighted by molar-refractivity contribution is 5.76. The number of benzene rings is 1. The van der Waals surface area contributed by atoms with Gasteiger partial charge in [0.05, 0.1) is 17.6 Å². The number of ether oxygens (including phenoxy) is 1. The van der Waals surface area contributed by atoms with Crippen molar-refractivity contribution >= 4 is 11.0 Å². The van der Waals surface area contributed by atoms with Crippen LogP contribution in [0.5, 0.6) is 5.75 Å². The van der Waals surface area contributed by atoms with Crippen molar-refractivity contribution in [2.24, 2.45) is 5.73 Å². The third-order valence-electron chi connectivity index (χ3n) is 2.87. The van der Waals surface area contributed by atoms with Gasteiger partial charge in [-0.15, -0.1) is 0 Å². The number of imidazole rings is 1. The molecule has 98 valence electrons. The molecule has 1 heterocycles. The highest BCUT2D eigenvalue weighted by Gasteiger charge is 2.07. The second kappa shape index (κ2) is 5.73. The quantitative estimate of drug-likeness (QED) is 0.761. The van der Waals surface area contributed by atoms with Gasteiger partial charge < -0.3 is 15.5 Å². The van der Waals surface area contributed by atoms with Gasteiger partial charge in [-0.05, 0) is 18.6 Å². The Bertz CT molecular complexity index is 571. The molecule has 1 aromatic heterocycles. The molecular weight excluding hydrogens is 230 g/mol. The monoisotopic (exact) mass is 249 g/mol. The van der Waals surface area contributed by atoms with E-state index in [-0.39, 0.29) is 5.69 Å². The van der Waals surface area contributed by atoms with Crippen molar-refractivity contribution in [2.75, 3.05) is 13.2 Å². The Balaban J connectivity index is 2.30. The zero-order chi connectivity index (χ0) is 13.0. The van der Waals surface area contributed by atoms with Gasteiger partial charge in [-0.1, -0.05) is 13.3 Å². The van der Waals surface area contributed by atoms with E-state index < -0.39 is 0 Å². The molecule has 0 saturated carbocycles. The number of rotatable bonds is 6. The maximum Gasteiger partial charge on any atom is 0.326 e. The number of nitrogens with one attached hydrogen (secondary N) is 1. The Labute approximate surface area is 106 Å². The van der Waals surface area contributed by atoms with Crippen LogP contribution in [0.25, 0.3) is 11.0 Å². The van der Waals surface area contributed by atoms with Crippen LogP contribution in [-0.2, 0) is 6.54 Å². The highest BCUT2D eigenvalue weighted by Crippen LogP contribution is 2.18. The molecule has 0 amide bonds. The third kappa shape index (κ3) is 2.56. The number of hydrogen-bond acceptors (Lipinski definition) is 3. The number of fused-ring (bicyclic) bond motifs is 1. The average molecular weight is 249 g/mol. The molecule has 18 heavy (non-hydrogen) atoms. The molecule has 5 nitrogen and oxygen atoms in total. The highest BCUT2D eigenvalue weighted by atomic mass is 16.5. The van der Waals surface area contributed by atoms with Crippen molar-refractivity contribution in [3.05, 3.63) is 28.7 Å². The van der Waals surface area contributed by atoms with E-state index in [0.717, 1.165) is 29.6 Å². The van der Waals surface area contributed by atoms with E-state index >= 15 is 0 Å². The molecule has 0 saturated heterocycles. The molecule has 0 aliphatic carbocycles. The number of aromatic nitrogens is 2. The van der Waals surface area contributed by atoms with Crippen molar-refractivity contribution in [3.63, 3.8) is 0 Å². The van der Waals surface area contributed by atoms with E-state index in [1.807, 2.05) is 18.2 Å². The Morgan fingerprint density at radius 3 is 3.00 bits per heavy atom. The summed E-state index contributed by atoms with van der Waals surface area (Å²) in [6.07, 6.45) is 2.13. The first kappa shape index (κ1) is 12.7. The number of nitrogens with two attached hydrogens (primary N) is 1. The maximum absolute atomic E-state index is 11.7. The zero-order valence-electron chi connectivity index (χ0n) is 10.6. The molecule has 0 unspecified atom stereocenters. The van der Waals surface area contributed by atoms with Crippen LogP contribution >= 0.6 is 0 Å². The van der Waals surface area contributed by atoms with Gasteiger partial charge in [0.15, 0.2) is 0 Å². The lowest BCUT2D eigenvalue weighted by Gasteiger charge is -2.06. The lowest BCUT2D eigenvalue weighted by atomic mass is 10.3. The SMILES string of the molecule is CCCCOc1ccc2[nH]c(=O)n(CCN)c2c1. The van der Waals surface area contributed by atoms with Crippen molar-refractivity contribution in [1.82, 2.24) is 9.55 Å². The summed E-state index contributed by atoms with van der Waals surface area (Å²) in [6.45, 7) is 3.77. The Kier molecular flexibility index (Phi) is 4.04. The number of nitrogens with zero attached hydrogens (tertiary/aromatic N) is 1. The minimum absolute atomic E-state index is 0.124. The van der Waals surface area contributed by atoms with Gasteiger partial charge >= 0.3 is 5.69 Å². The first-order valence-corrected chi connectivity index (χ1v) is 6.31. The van der Waals surface area contributed by atoms with E-state index in [9.17, 15) is 4.79 Å². The van der Waals surface area contributed by atoms with Crippen molar-refractivity contribution in [3.8, 4) is 5.75 Å². The fourth-order valence-electron chi connectivity index (χ4n) is 1.91. The first-order chi connectivity index (χ1) is 8.76. The van der Waals surface area contributed by atoms with Crippen LogP contribution in [0.2, 0.25) is 0 Å². The molecule has 0 aliphatic heterocycles.